The second-order valence-corrected chi connectivity index (χ2v) is 5.95. The first-order chi connectivity index (χ1) is 10.0. The maximum atomic E-state index is 11.6. The summed E-state index contributed by atoms with van der Waals surface area (Å²) in [7, 11) is 0. The van der Waals surface area contributed by atoms with Crippen LogP contribution in [0.4, 0.5) is 0 Å². The van der Waals surface area contributed by atoms with Crippen LogP contribution in [0, 0.1) is 0 Å². The molecule has 0 amide bonds. The molecule has 0 radical (unpaired) electrons. The Hall–Kier alpha value is -1.62. The van der Waals surface area contributed by atoms with E-state index in [4.69, 9.17) is 4.74 Å². The van der Waals surface area contributed by atoms with Gasteiger partial charge in [-0.05, 0) is 44.5 Å². The Kier molecular flexibility index (Phi) is 5.17. The second kappa shape index (κ2) is 6.89. The molecule has 1 aromatic heterocycles. The van der Waals surface area contributed by atoms with Crippen LogP contribution in [-0.4, -0.2) is 15.6 Å². The van der Waals surface area contributed by atoms with Crippen molar-refractivity contribution in [3.63, 3.8) is 0 Å². The zero-order valence-corrected chi connectivity index (χ0v) is 14.1. The number of hydrogen-bond donors (Lipinski definition) is 0. The fourth-order valence-electron chi connectivity index (χ4n) is 1.95. The number of halogens is 1. The lowest BCUT2D eigenvalue weighted by Gasteiger charge is -2.10. The quantitative estimate of drug-likeness (QED) is 0.725. The number of aromatic nitrogens is 2. The Balaban J connectivity index is 2.11. The van der Waals surface area contributed by atoms with E-state index in [-0.39, 0.29) is 5.78 Å². The summed E-state index contributed by atoms with van der Waals surface area (Å²) in [6.45, 7) is 6.14. The van der Waals surface area contributed by atoms with Gasteiger partial charge in [0.25, 0.3) is 0 Å². The van der Waals surface area contributed by atoms with Gasteiger partial charge < -0.3 is 4.74 Å². The molecule has 0 spiro atoms. The molecule has 0 aliphatic heterocycles. The SMILES string of the molecule is CCC(C)n1ccc(COc2cc(Br)ccc2C(C)=O)n1. The lowest BCUT2D eigenvalue weighted by Crippen LogP contribution is -2.06. The van der Waals surface area contributed by atoms with Crippen LogP contribution in [0.15, 0.2) is 34.9 Å². The van der Waals surface area contributed by atoms with Gasteiger partial charge in [0.2, 0.25) is 0 Å². The first kappa shape index (κ1) is 15.8. The standard InChI is InChI=1S/C16H19BrN2O2/c1-4-11(2)19-8-7-14(18-19)10-21-16-9-13(17)5-6-15(16)12(3)20/h5-9,11H,4,10H2,1-3H3. The predicted octanol–water partition coefficient (Wildman–Crippen LogP) is 4.40. The molecule has 0 aliphatic rings. The number of ether oxygens (including phenoxy) is 1. The topological polar surface area (TPSA) is 44.1 Å². The third-order valence-corrected chi connectivity index (χ3v) is 3.90. The van der Waals surface area contributed by atoms with Crippen molar-refractivity contribution in [3.8, 4) is 5.75 Å². The van der Waals surface area contributed by atoms with Gasteiger partial charge in [0.05, 0.1) is 11.3 Å². The molecule has 0 fully saturated rings. The summed E-state index contributed by atoms with van der Waals surface area (Å²) in [6.07, 6.45) is 2.99. The number of carbonyl (C=O) groups is 1. The highest BCUT2D eigenvalue weighted by atomic mass is 79.9. The van der Waals surface area contributed by atoms with Crippen molar-refractivity contribution in [2.45, 2.75) is 39.8 Å². The zero-order chi connectivity index (χ0) is 15.4. The molecule has 112 valence electrons. The van der Waals surface area contributed by atoms with Crippen molar-refractivity contribution < 1.29 is 9.53 Å². The molecular formula is C16H19BrN2O2. The van der Waals surface area contributed by atoms with Crippen molar-refractivity contribution >= 4 is 21.7 Å². The third kappa shape index (κ3) is 3.94. The number of benzene rings is 1. The van der Waals surface area contributed by atoms with Crippen LogP contribution in [-0.2, 0) is 6.61 Å². The maximum absolute atomic E-state index is 11.6. The molecule has 0 N–H and O–H groups in total. The van der Waals surface area contributed by atoms with Gasteiger partial charge in [-0.2, -0.15) is 5.10 Å². The summed E-state index contributed by atoms with van der Waals surface area (Å²) in [5, 5.41) is 4.49. The first-order valence-corrected chi connectivity index (χ1v) is 7.78. The molecular weight excluding hydrogens is 332 g/mol. The van der Waals surface area contributed by atoms with E-state index in [1.54, 1.807) is 6.07 Å². The Morgan fingerprint density at radius 3 is 2.86 bits per heavy atom. The van der Waals surface area contributed by atoms with Crippen molar-refractivity contribution in [1.29, 1.82) is 0 Å². The third-order valence-electron chi connectivity index (χ3n) is 3.40. The number of ketones is 1. The Bertz CT molecular complexity index is 637. The number of carbonyl (C=O) groups excluding carboxylic acids is 1. The molecule has 0 aliphatic carbocycles. The van der Waals surface area contributed by atoms with Crippen molar-refractivity contribution in [2.24, 2.45) is 0 Å². The lowest BCUT2D eigenvalue weighted by atomic mass is 10.1. The average molecular weight is 351 g/mol. The zero-order valence-electron chi connectivity index (χ0n) is 12.5. The van der Waals surface area contributed by atoms with Crippen LogP contribution < -0.4 is 4.74 Å². The Labute approximate surface area is 133 Å². The van der Waals surface area contributed by atoms with Gasteiger partial charge in [-0.1, -0.05) is 22.9 Å². The Morgan fingerprint density at radius 2 is 2.19 bits per heavy atom. The minimum absolute atomic E-state index is 0.0114. The van der Waals surface area contributed by atoms with E-state index in [1.807, 2.05) is 29.1 Å². The summed E-state index contributed by atoms with van der Waals surface area (Å²) >= 11 is 3.39. The molecule has 2 aromatic rings. The van der Waals surface area contributed by atoms with Crippen LogP contribution in [0.5, 0.6) is 5.75 Å². The molecule has 2 rings (SSSR count). The van der Waals surface area contributed by atoms with E-state index >= 15 is 0 Å². The van der Waals surface area contributed by atoms with E-state index in [9.17, 15) is 4.79 Å². The molecule has 1 heterocycles. The molecule has 0 saturated heterocycles. The van der Waals surface area contributed by atoms with Crippen molar-refractivity contribution in [2.75, 3.05) is 0 Å². The van der Waals surface area contributed by atoms with Crippen LogP contribution >= 0.6 is 15.9 Å². The minimum atomic E-state index is -0.0114. The van der Waals surface area contributed by atoms with Crippen LogP contribution in [0.25, 0.3) is 0 Å². The van der Waals surface area contributed by atoms with Crippen LogP contribution in [0.2, 0.25) is 0 Å². The van der Waals surface area contributed by atoms with E-state index < -0.39 is 0 Å². The minimum Gasteiger partial charge on any atom is -0.486 e. The summed E-state index contributed by atoms with van der Waals surface area (Å²) in [5.41, 5.74) is 1.43. The summed E-state index contributed by atoms with van der Waals surface area (Å²) in [6, 6.07) is 7.72. The van der Waals surface area contributed by atoms with E-state index in [1.165, 1.54) is 6.92 Å². The summed E-state index contributed by atoms with van der Waals surface area (Å²) in [5.74, 6) is 0.567. The second-order valence-electron chi connectivity index (χ2n) is 5.03. The van der Waals surface area contributed by atoms with Gasteiger partial charge in [0.15, 0.2) is 5.78 Å². The molecule has 0 bridgehead atoms. The van der Waals surface area contributed by atoms with Gasteiger partial charge >= 0.3 is 0 Å². The predicted molar refractivity (Wildman–Crippen MR) is 85.7 cm³/mol. The lowest BCUT2D eigenvalue weighted by molar-refractivity contribution is 0.101. The monoisotopic (exact) mass is 350 g/mol. The fraction of sp³-hybridized carbons (Fsp3) is 0.375. The fourth-order valence-corrected chi connectivity index (χ4v) is 2.29. The number of nitrogens with zero attached hydrogens (tertiary/aromatic N) is 2. The van der Waals surface area contributed by atoms with Gasteiger partial charge in [-0.3, -0.25) is 9.48 Å². The van der Waals surface area contributed by atoms with Crippen molar-refractivity contribution in [1.82, 2.24) is 9.78 Å². The Morgan fingerprint density at radius 1 is 1.43 bits per heavy atom. The molecule has 21 heavy (non-hydrogen) atoms. The van der Waals surface area contributed by atoms with Crippen molar-refractivity contribution in [3.05, 3.63) is 46.2 Å². The van der Waals surface area contributed by atoms with Crippen LogP contribution in [0.3, 0.4) is 0 Å². The highest BCUT2D eigenvalue weighted by Gasteiger charge is 2.10. The average Bonchev–Trinajstić information content (AvgIpc) is 2.93. The van der Waals surface area contributed by atoms with Gasteiger partial charge in [-0.25, -0.2) is 0 Å². The van der Waals surface area contributed by atoms with Gasteiger partial charge in [0, 0.05) is 16.7 Å². The molecule has 4 nitrogen and oxygen atoms in total. The van der Waals surface area contributed by atoms with Gasteiger partial charge in [0.1, 0.15) is 12.4 Å². The van der Waals surface area contributed by atoms with E-state index in [2.05, 4.69) is 34.9 Å². The molecule has 1 aromatic carbocycles. The summed E-state index contributed by atoms with van der Waals surface area (Å²) < 4.78 is 8.58. The van der Waals surface area contributed by atoms with Gasteiger partial charge in [-0.15, -0.1) is 0 Å². The smallest absolute Gasteiger partial charge is 0.163 e. The molecule has 5 heteroatoms. The largest absolute Gasteiger partial charge is 0.486 e. The molecule has 0 saturated carbocycles. The maximum Gasteiger partial charge on any atom is 0.163 e. The number of rotatable bonds is 6. The van der Waals surface area contributed by atoms with Crippen LogP contribution in [0.1, 0.15) is 49.3 Å². The number of hydrogen-bond acceptors (Lipinski definition) is 3. The molecule has 1 atom stereocenters. The van der Waals surface area contributed by atoms with E-state index in [0.29, 0.717) is 24.0 Å². The normalized spacial score (nSPS) is 12.2. The van der Waals surface area contributed by atoms with E-state index in [0.717, 1.165) is 16.6 Å². The highest BCUT2D eigenvalue weighted by Crippen LogP contribution is 2.25. The molecule has 1 unspecified atom stereocenters. The number of Topliss-reactive ketones (excluding diaryl/α,β-unsaturated/α-hetero) is 1. The highest BCUT2D eigenvalue weighted by molar-refractivity contribution is 9.10. The summed E-state index contributed by atoms with van der Waals surface area (Å²) in [4.78, 5) is 11.6. The first-order valence-electron chi connectivity index (χ1n) is 6.98.